The second-order valence-corrected chi connectivity index (χ2v) is 9.17. The molecule has 0 spiro atoms. The first-order chi connectivity index (χ1) is 18.2. The summed E-state index contributed by atoms with van der Waals surface area (Å²) in [5.41, 5.74) is 0. The number of hydrogen-bond donors (Lipinski definition) is 1. The maximum absolute atomic E-state index is 13.8. The van der Waals surface area contributed by atoms with E-state index in [1.165, 1.54) is 0 Å². The molecule has 0 heterocycles. The molecule has 0 radical (unpaired) electrons. The normalized spacial score (nSPS) is 15.7. The van der Waals surface area contributed by atoms with Gasteiger partial charge >= 0.3 is 58.7 Å². The Hall–Kier alpha value is -1.64. The quantitative estimate of drug-likeness (QED) is 0.0921. The van der Waals surface area contributed by atoms with Crippen molar-refractivity contribution in [3.05, 3.63) is 0 Å². The van der Waals surface area contributed by atoms with Crippen molar-refractivity contribution >= 4 is 17.5 Å². The molecule has 0 aromatic carbocycles. The van der Waals surface area contributed by atoms with Gasteiger partial charge in [0.05, 0.1) is 0 Å². The molecule has 23 heteroatoms. The van der Waals surface area contributed by atoms with E-state index in [0.29, 0.717) is 25.7 Å². The van der Waals surface area contributed by atoms with Crippen molar-refractivity contribution in [2.24, 2.45) is 0 Å². The van der Waals surface area contributed by atoms with Crippen LogP contribution in [0.3, 0.4) is 0 Å². The Kier molecular flexibility index (Phi) is 11.6. The lowest BCUT2D eigenvalue weighted by atomic mass is 9.86. The number of carbonyl (C=O) groups excluding carboxylic acids is 1. The average Bonchev–Trinajstić information content (AvgIpc) is 2.81. The Bertz CT molecular complexity index is 929. The van der Waals surface area contributed by atoms with E-state index >= 15 is 0 Å². The first-order valence-electron chi connectivity index (χ1n) is 11.0. The fourth-order valence-electron chi connectivity index (χ4n) is 2.92. The van der Waals surface area contributed by atoms with Gasteiger partial charge in [-0.25, -0.2) is 0 Å². The zero-order chi connectivity index (χ0) is 34.2. The van der Waals surface area contributed by atoms with E-state index in [9.17, 15) is 92.6 Å². The molecule has 0 aliphatic heterocycles. The van der Waals surface area contributed by atoms with Crippen LogP contribution in [0.5, 0.6) is 0 Å². The number of halogens is 21. The number of nitrogens with one attached hydrogen (secondary N) is 1. The molecule has 0 atom stereocenters. The second-order valence-electron chi connectivity index (χ2n) is 8.69. The Labute approximate surface area is 227 Å². The predicted octanol–water partition coefficient (Wildman–Crippen LogP) is 9.01. The van der Waals surface area contributed by atoms with Crippen LogP contribution in [0.2, 0.25) is 0 Å². The smallest absolute Gasteiger partial charge is 0.351 e. The van der Waals surface area contributed by atoms with E-state index in [1.54, 1.807) is 6.92 Å². The summed E-state index contributed by atoms with van der Waals surface area (Å²) in [4.78, 5) is 11.3. The molecular formula is C19H18ClF20NO. The molecule has 0 bridgehead atoms. The zero-order valence-corrected chi connectivity index (χ0v) is 21.1. The van der Waals surface area contributed by atoms with Crippen molar-refractivity contribution in [3.8, 4) is 0 Å². The summed E-state index contributed by atoms with van der Waals surface area (Å²) in [6, 6.07) is 0. The van der Waals surface area contributed by atoms with Crippen LogP contribution in [-0.2, 0) is 4.79 Å². The Morgan fingerprint density at radius 1 is 0.476 bits per heavy atom. The zero-order valence-electron chi connectivity index (χ0n) is 20.3. The Balaban J connectivity index is 6.51. The lowest BCUT2D eigenvalue weighted by Gasteiger charge is -2.44. The highest BCUT2D eigenvalue weighted by Gasteiger charge is 2.98. The molecule has 0 aliphatic rings. The first kappa shape index (κ1) is 40.4. The van der Waals surface area contributed by atoms with Crippen molar-refractivity contribution in [2.75, 3.05) is 6.54 Å². The summed E-state index contributed by atoms with van der Waals surface area (Å²) in [5, 5.41) is -6.24. The van der Waals surface area contributed by atoms with Gasteiger partial charge in [-0.3, -0.25) is 4.79 Å². The van der Waals surface area contributed by atoms with E-state index in [2.05, 4.69) is 11.6 Å². The molecule has 0 unspecified atom stereocenters. The molecule has 0 saturated heterocycles. The van der Waals surface area contributed by atoms with Gasteiger partial charge in [-0.1, -0.05) is 39.0 Å². The van der Waals surface area contributed by atoms with Gasteiger partial charge in [0, 0.05) is 6.54 Å². The Morgan fingerprint density at radius 3 is 1.10 bits per heavy atom. The molecule has 0 saturated carbocycles. The summed E-state index contributed by atoms with van der Waals surface area (Å²) in [7, 11) is 0. The highest BCUT2D eigenvalue weighted by molar-refractivity contribution is 6.22. The van der Waals surface area contributed by atoms with Gasteiger partial charge in [0.1, 0.15) is 0 Å². The van der Waals surface area contributed by atoms with Crippen LogP contribution in [0.15, 0.2) is 0 Å². The lowest BCUT2D eigenvalue weighted by molar-refractivity contribution is -0.464. The van der Waals surface area contributed by atoms with Gasteiger partial charge in [0.25, 0.3) is 5.91 Å². The van der Waals surface area contributed by atoms with E-state index in [4.69, 9.17) is 0 Å². The first-order valence-corrected chi connectivity index (χ1v) is 11.4. The minimum atomic E-state index is -9.15. The number of hydrogen-bond acceptors (Lipinski definition) is 1. The van der Waals surface area contributed by atoms with Crippen LogP contribution < -0.4 is 5.32 Å². The third-order valence-electron chi connectivity index (χ3n) is 5.61. The van der Waals surface area contributed by atoms with Crippen LogP contribution >= 0.6 is 11.6 Å². The highest BCUT2D eigenvalue weighted by atomic mass is 35.5. The minimum absolute atomic E-state index is 0.0747. The van der Waals surface area contributed by atoms with E-state index in [-0.39, 0.29) is 12.8 Å². The van der Waals surface area contributed by atoms with Crippen LogP contribution in [0.4, 0.5) is 87.8 Å². The number of unbranched alkanes of at least 4 members (excludes halogenated alkanes) is 5. The van der Waals surface area contributed by atoms with Gasteiger partial charge in [-0.2, -0.15) is 87.8 Å². The van der Waals surface area contributed by atoms with Crippen LogP contribution in [0.1, 0.15) is 45.4 Å². The van der Waals surface area contributed by atoms with Gasteiger partial charge in [-0.05, 0) is 18.0 Å². The Morgan fingerprint density at radius 2 is 0.762 bits per heavy atom. The van der Waals surface area contributed by atoms with Gasteiger partial charge in [0.15, 0.2) is 0 Å². The molecule has 1 N–H and O–H groups in total. The molecule has 252 valence electrons. The third-order valence-corrected chi connectivity index (χ3v) is 5.85. The lowest BCUT2D eigenvalue weighted by Crippen LogP contribution is -2.77. The molecular weight excluding hydrogens is 674 g/mol. The average molecular weight is 692 g/mol. The summed E-state index contributed by atoms with van der Waals surface area (Å²) in [5.74, 6) is -80.8. The van der Waals surface area contributed by atoms with E-state index < -0.39 is 71.1 Å². The largest absolute Gasteiger partial charge is 0.393 e. The summed E-state index contributed by atoms with van der Waals surface area (Å²) < 4.78 is 270. The van der Waals surface area contributed by atoms with Crippen LogP contribution in [0.25, 0.3) is 0 Å². The fraction of sp³-hybridized carbons (Fsp3) is 0.947. The number of carbonyl (C=O) groups is 1. The molecule has 0 aliphatic carbocycles. The van der Waals surface area contributed by atoms with Crippen molar-refractivity contribution in [2.45, 2.75) is 104 Å². The standard InChI is InChI=1S/C19H18ClF20NO/c1-2-3-4-5-6-7-8-41-9(42)10(21,22)11(23,24)12(25,26)13(27,28)14(29,30)15(31,32)16(33,34)17(35,36)18(37,38)19(20,39)40/h2-8H2,1H3,(H,41,42). The maximum Gasteiger partial charge on any atom is 0.393 e. The highest BCUT2D eigenvalue weighted by Crippen LogP contribution is 2.66. The second kappa shape index (κ2) is 12.0. The monoisotopic (exact) mass is 691 g/mol. The van der Waals surface area contributed by atoms with Crippen molar-refractivity contribution in [3.63, 3.8) is 0 Å². The molecule has 1 amide bonds. The molecule has 0 rings (SSSR count). The van der Waals surface area contributed by atoms with Crippen LogP contribution in [-0.4, -0.2) is 71.1 Å². The maximum atomic E-state index is 13.8. The van der Waals surface area contributed by atoms with Gasteiger partial charge < -0.3 is 5.32 Å². The van der Waals surface area contributed by atoms with Crippen molar-refractivity contribution in [1.82, 2.24) is 5.32 Å². The van der Waals surface area contributed by atoms with Gasteiger partial charge in [-0.15, -0.1) is 0 Å². The summed E-state index contributed by atoms with van der Waals surface area (Å²) >= 11 is 3.34. The molecule has 2 nitrogen and oxygen atoms in total. The minimum Gasteiger partial charge on any atom is -0.351 e. The number of alkyl halides is 21. The third kappa shape index (κ3) is 6.01. The van der Waals surface area contributed by atoms with Crippen molar-refractivity contribution < 1.29 is 92.6 Å². The molecule has 0 aromatic heterocycles. The fourth-order valence-corrected chi connectivity index (χ4v) is 3.04. The molecule has 42 heavy (non-hydrogen) atoms. The topological polar surface area (TPSA) is 29.1 Å². The molecule has 0 aromatic rings. The number of amides is 1. The van der Waals surface area contributed by atoms with E-state index in [1.807, 2.05) is 0 Å². The van der Waals surface area contributed by atoms with Crippen molar-refractivity contribution in [1.29, 1.82) is 0 Å². The number of rotatable bonds is 17. The molecule has 0 fully saturated rings. The predicted molar refractivity (Wildman–Crippen MR) is 102 cm³/mol. The van der Waals surface area contributed by atoms with Crippen LogP contribution in [0, 0.1) is 0 Å². The SMILES string of the molecule is CCCCCCCCNC(=O)C(F)(F)C(F)(F)C(F)(F)C(F)(F)C(F)(F)C(F)(F)C(F)(F)C(F)(F)C(F)(F)C(F)(F)Cl. The summed E-state index contributed by atoms with van der Waals surface area (Å²) in [6.07, 6.45) is 1.99. The van der Waals surface area contributed by atoms with Gasteiger partial charge in [0.2, 0.25) is 0 Å². The summed E-state index contributed by atoms with van der Waals surface area (Å²) in [6.45, 7) is 0.703. The van der Waals surface area contributed by atoms with E-state index in [0.717, 1.165) is 5.32 Å².